The summed E-state index contributed by atoms with van der Waals surface area (Å²) in [5.74, 6) is 0.550. The van der Waals surface area contributed by atoms with Gasteiger partial charge in [0.05, 0.1) is 5.69 Å². The molecular weight excluding hydrogens is 364 g/mol. The zero-order chi connectivity index (χ0) is 17.9. The number of aromatic nitrogens is 4. The van der Waals surface area contributed by atoms with E-state index in [1.807, 2.05) is 47.4 Å². The Morgan fingerprint density at radius 3 is 2.63 bits per heavy atom. The highest BCUT2D eigenvalue weighted by Gasteiger charge is 2.35. The number of benzene rings is 2. The van der Waals surface area contributed by atoms with Crippen LogP contribution in [-0.4, -0.2) is 50.6 Å². The second kappa shape index (κ2) is 8.28. The van der Waals surface area contributed by atoms with Gasteiger partial charge in [-0.1, -0.05) is 36.4 Å². The number of nitrogens with two attached hydrogens (primary N) is 1. The smallest absolute Gasteiger partial charge is 0.253 e. The second-order valence-corrected chi connectivity index (χ2v) is 6.53. The fraction of sp³-hybridized carbons (Fsp3) is 0.263. The maximum absolute atomic E-state index is 13.0. The van der Waals surface area contributed by atoms with E-state index < -0.39 is 0 Å². The van der Waals surface area contributed by atoms with Gasteiger partial charge in [0, 0.05) is 24.6 Å². The van der Waals surface area contributed by atoms with Gasteiger partial charge in [-0.25, -0.2) is 4.68 Å². The first-order valence-corrected chi connectivity index (χ1v) is 8.64. The van der Waals surface area contributed by atoms with E-state index in [1.165, 1.54) is 16.6 Å². The van der Waals surface area contributed by atoms with Gasteiger partial charge in [0.1, 0.15) is 6.33 Å². The lowest BCUT2D eigenvalue weighted by Gasteiger charge is -2.17. The standard InChI is InChI=1S/C19H20N6O.ClH/c20-10-16-11-24(12-18(16)14-5-2-1-3-6-14)19(26)15-7-4-8-17(9-15)25-13-21-22-23-25;/h1-9,13,16,18H,10-12,20H2;1H/t16-,18+;/m1./s1. The average molecular weight is 385 g/mol. The van der Waals surface area contributed by atoms with Crippen LogP contribution in [0.4, 0.5) is 0 Å². The van der Waals surface area contributed by atoms with Crippen LogP contribution in [0.3, 0.4) is 0 Å². The molecular formula is C19H21ClN6O. The zero-order valence-corrected chi connectivity index (χ0v) is 15.5. The first-order chi connectivity index (χ1) is 12.8. The van der Waals surface area contributed by atoms with Gasteiger partial charge >= 0.3 is 0 Å². The number of carbonyl (C=O) groups is 1. The van der Waals surface area contributed by atoms with Gasteiger partial charge in [0.15, 0.2) is 0 Å². The molecule has 8 heteroatoms. The van der Waals surface area contributed by atoms with Crippen LogP contribution in [0.25, 0.3) is 5.69 Å². The van der Waals surface area contributed by atoms with Crippen LogP contribution >= 0.6 is 12.4 Å². The van der Waals surface area contributed by atoms with Crippen molar-refractivity contribution in [3.8, 4) is 5.69 Å². The molecule has 4 rings (SSSR count). The molecule has 0 bridgehead atoms. The fourth-order valence-corrected chi connectivity index (χ4v) is 3.60. The van der Waals surface area contributed by atoms with Gasteiger partial charge in [-0.05, 0) is 46.7 Å². The van der Waals surface area contributed by atoms with Gasteiger partial charge < -0.3 is 10.6 Å². The summed E-state index contributed by atoms with van der Waals surface area (Å²) in [7, 11) is 0. The summed E-state index contributed by atoms with van der Waals surface area (Å²) in [6.07, 6.45) is 1.51. The van der Waals surface area contributed by atoms with Crippen molar-refractivity contribution >= 4 is 18.3 Å². The molecule has 27 heavy (non-hydrogen) atoms. The molecule has 1 fully saturated rings. The monoisotopic (exact) mass is 384 g/mol. The Morgan fingerprint density at radius 1 is 1.11 bits per heavy atom. The number of carbonyl (C=O) groups excluding carboxylic acids is 1. The van der Waals surface area contributed by atoms with Crippen LogP contribution in [0.1, 0.15) is 21.8 Å². The SMILES string of the molecule is Cl.NC[C@@H]1CN(C(=O)c2cccc(-n3cnnn3)c2)C[C@H]1c1ccccc1. The molecule has 2 heterocycles. The normalized spacial score (nSPS) is 18.9. The largest absolute Gasteiger partial charge is 0.338 e. The lowest BCUT2D eigenvalue weighted by atomic mass is 9.89. The summed E-state index contributed by atoms with van der Waals surface area (Å²) in [5.41, 5.74) is 8.61. The van der Waals surface area contributed by atoms with Crippen molar-refractivity contribution in [1.29, 1.82) is 0 Å². The topological polar surface area (TPSA) is 89.9 Å². The lowest BCUT2D eigenvalue weighted by Crippen LogP contribution is -2.29. The van der Waals surface area contributed by atoms with Gasteiger partial charge in [-0.2, -0.15) is 0 Å². The molecule has 1 aromatic heterocycles. The van der Waals surface area contributed by atoms with Gasteiger partial charge in [0.25, 0.3) is 5.91 Å². The minimum atomic E-state index is 0. The number of nitrogens with zero attached hydrogens (tertiary/aromatic N) is 5. The van der Waals surface area contributed by atoms with E-state index in [9.17, 15) is 4.79 Å². The molecule has 1 aliphatic rings. The molecule has 0 saturated carbocycles. The summed E-state index contributed by atoms with van der Waals surface area (Å²) < 4.78 is 1.54. The predicted octanol–water partition coefficient (Wildman–Crippen LogP) is 1.90. The third-order valence-corrected chi connectivity index (χ3v) is 4.97. The number of amides is 1. The number of hydrogen-bond acceptors (Lipinski definition) is 5. The minimum absolute atomic E-state index is 0. The Bertz CT molecular complexity index is 886. The summed E-state index contributed by atoms with van der Waals surface area (Å²) in [6, 6.07) is 17.6. The highest BCUT2D eigenvalue weighted by Crippen LogP contribution is 2.32. The quantitative estimate of drug-likeness (QED) is 0.742. The number of rotatable bonds is 4. The summed E-state index contributed by atoms with van der Waals surface area (Å²) >= 11 is 0. The Hall–Kier alpha value is -2.77. The Balaban J connectivity index is 0.00000210. The van der Waals surface area contributed by atoms with E-state index in [4.69, 9.17) is 5.73 Å². The molecule has 1 saturated heterocycles. The molecule has 2 aromatic carbocycles. The van der Waals surface area contributed by atoms with Crippen LogP contribution < -0.4 is 5.73 Å². The summed E-state index contributed by atoms with van der Waals surface area (Å²) in [5, 5.41) is 11.2. The lowest BCUT2D eigenvalue weighted by molar-refractivity contribution is 0.0786. The first-order valence-electron chi connectivity index (χ1n) is 8.64. The molecule has 0 radical (unpaired) electrons. The molecule has 7 nitrogen and oxygen atoms in total. The molecule has 0 unspecified atom stereocenters. The van der Waals surface area contributed by atoms with Crippen molar-refractivity contribution in [1.82, 2.24) is 25.1 Å². The van der Waals surface area contributed by atoms with E-state index in [0.29, 0.717) is 25.2 Å². The van der Waals surface area contributed by atoms with Crippen molar-refractivity contribution in [3.05, 3.63) is 72.1 Å². The zero-order valence-electron chi connectivity index (χ0n) is 14.7. The van der Waals surface area contributed by atoms with Crippen molar-refractivity contribution in [2.45, 2.75) is 5.92 Å². The van der Waals surface area contributed by atoms with E-state index in [-0.39, 0.29) is 30.2 Å². The Labute approximate surface area is 163 Å². The third kappa shape index (κ3) is 3.84. The molecule has 0 spiro atoms. The molecule has 1 aliphatic heterocycles. The highest BCUT2D eigenvalue weighted by molar-refractivity contribution is 5.95. The van der Waals surface area contributed by atoms with Crippen LogP contribution in [-0.2, 0) is 0 Å². The number of likely N-dealkylation sites (tertiary alicyclic amines) is 1. The Morgan fingerprint density at radius 2 is 1.93 bits per heavy atom. The summed E-state index contributed by atoms with van der Waals surface area (Å²) in [6.45, 7) is 1.91. The molecule has 140 valence electrons. The molecule has 2 atom stereocenters. The van der Waals surface area contributed by atoms with Crippen LogP contribution in [0, 0.1) is 5.92 Å². The maximum Gasteiger partial charge on any atom is 0.253 e. The van der Waals surface area contributed by atoms with Crippen molar-refractivity contribution in [3.63, 3.8) is 0 Å². The third-order valence-electron chi connectivity index (χ3n) is 4.97. The molecule has 3 aromatic rings. The van der Waals surface area contributed by atoms with E-state index in [0.717, 1.165) is 5.69 Å². The van der Waals surface area contributed by atoms with E-state index >= 15 is 0 Å². The number of hydrogen-bond donors (Lipinski definition) is 1. The first kappa shape index (κ1) is 19.0. The maximum atomic E-state index is 13.0. The van der Waals surface area contributed by atoms with Crippen LogP contribution in [0.15, 0.2) is 60.9 Å². The highest BCUT2D eigenvalue weighted by atomic mass is 35.5. The minimum Gasteiger partial charge on any atom is -0.338 e. The predicted molar refractivity (Wildman–Crippen MR) is 104 cm³/mol. The van der Waals surface area contributed by atoms with E-state index in [1.54, 1.807) is 0 Å². The van der Waals surface area contributed by atoms with E-state index in [2.05, 4.69) is 27.7 Å². The fourth-order valence-electron chi connectivity index (χ4n) is 3.60. The molecule has 2 N–H and O–H groups in total. The van der Waals surface area contributed by atoms with Crippen molar-refractivity contribution < 1.29 is 4.79 Å². The average Bonchev–Trinajstić information content (AvgIpc) is 3.38. The molecule has 0 aliphatic carbocycles. The van der Waals surface area contributed by atoms with Crippen LogP contribution in [0.5, 0.6) is 0 Å². The molecule has 1 amide bonds. The number of halogens is 1. The second-order valence-electron chi connectivity index (χ2n) is 6.53. The van der Waals surface area contributed by atoms with Crippen molar-refractivity contribution in [2.24, 2.45) is 11.7 Å². The van der Waals surface area contributed by atoms with Gasteiger partial charge in [0.2, 0.25) is 0 Å². The Kier molecular flexibility index (Phi) is 5.83. The van der Waals surface area contributed by atoms with Crippen LogP contribution in [0.2, 0.25) is 0 Å². The van der Waals surface area contributed by atoms with Crippen molar-refractivity contribution in [2.75, 3.05) is 19.6 Å². The summed E-state index contributed by atoms with van der Waals surface area (Å²) in [4.78, 5) is 14.9. The number of tetrazole rings is 1. The van der Waals surface area contributed by atoms with Gasteiger partial charge in [-0.15, -0.1) is 17.5 Å². The van der Waals surface area contributed by atoms with Gasteiger partial charge in [-0.3, -0.25) is 4.79 Å².